The molecule has 0 fully saturated rings. The quantitative estimate of drug-likeness (QED) is 0.431. The van der Waals surface area contributed by atoms with Crippen LogP contribution in [0, 0.1) is 3.57 Å². The van der Waals surface area contributed by atoms with E-state index in [2.05, 4.69) is 22.6 Å². The molecule has 20 heavy (non-hydrogen) atoms. The fourth-order valence-electron chi connectivity index (χ4n) is 1.66. The fourth-order valence-corrected chi connectivity index (χ4v) is 2.34. The minimum Gasteiger partial charge on any atom is -0.490 e. The number of rotatable bonds is 6. The number of halogens is 1. The monoisotopic (exact) mass is 382 g/mol. The molecule has 0 aromatic heterocycles. The van der Waals surface area contributed by atoms with E-state index in [1.807, 2.05) is 42.5 Å². The van der Waals surface area contributed by atoms with Crippen LogP contribution >= 0.6 is 22.6 Å². The van der Waals surface area contributed by atoms with Crippen molar-refractivity contribution in [3.8, 4) is 11.5 Å². The van der Waals surface area contributed by atoms with Gasteiger partial charge in [0.1, 0.15) is 24.7 Å². The highest BCUT2D eigenvalue weighted by molar-refractivity contribution is 14.1. The van der Waals surface area contributed by atoms with Crippen LogP contribution in [0.4, 0.5) is 0 Å². The molecular weight excluding hydrogens is 367 g/mol. The van der Waals surface area contributed by atoms with Gasteiger partial charge in [-0.05, 0) is 59.8 Å². The summed E-state index contributed by atoms with van der Waals surface area (Å²) in [7, 11) is 0. The lowest BCUT2D eigenvalue weighted by molar-refractivity contribution is 0.101. The highest BCUT2D eigenvalue weighted by atomic mass is 127. The van der Waals surface area contributed by atoms with Crippen LogP contribution in [0.5, 0.6) is 11.5 Å². The zero-order valence-corrected chi connectivity index (χ0v) is 13.3. The minimum atomic E-state index is 0.0573. The molecule has 0 atom stereocenters. The lowest BCUT2D eigenvalue weighted by Crippen LogP contribution is -2.09. The van der Waals surface area contributed by atoms with Gasteiger partial charge in [-0.15, -0.1) is 0 Å². The Hall–Kier alpha value is -1.56. The van der Waals surface area contributed by atoms with Crippen LogP contribution in [0.3, 0.4) is 0 Å². The van der Waals surface area contributed by atoms with Gasteiger partial charge in [0.25, 0.3) is 0 Å². The van der Waals surface area contributed by atoms with Crippen molar-refractivity contribution >= 4 is 28.4 Å². The molecular formula is C16H15IO3. The first-order valence-corrected chi connectivity index (χ1v) is 7.36. The van der Waals surface area contributed by atoms with Gasteiger partial charge in [0, 0.05) is 5.56 Å². The van der Waals surface area contributed by atoms with Crippen LogP contribution in [-0.4, -0.2) is 19.0 Å². The van der Waals surface area contributed by atoms with Crippen molar-refractivity contribution < 1.29 is 14.3 Å². The molecule has 0 unspecified atom stereocenters. The molecule has 4 heteroatoms. The van der Waals surface area contributed by atoms with Crippen LogP contribution in [0.25, 0.3) is 0 Å². The van der Waals surface area contributed by atoms with Crippen LogP contribution in [0.1, 0.15) is 17.3 Å². The molecule has 2 aromatic carbocycles. The number of benzene rings is 2. The molecule has 0 spiro atoms. The SMILES string of the molecule is CC(=O)c1ccc(OCCOc2ccccc2)c(I)c1. The lowest BCUT2D eigenvalue weighted by Gasteiger charge is -2.10. The molecule has 2 rings (SSSR count). The summed E-state index contributed by atoms with van der Waals surface area (Å²) in [6, 6.07) is 15.0. The van der Waals surface area contributed by atoms with Gasteiger partial charge in [-0.25, -0.2) is 0 Å². The summed E-state index contributed by atoms with van der Waals surface area (Å²) in [5.74, 6) is 1.66. The third-order valence-electron chi connectivity index (χ3n) is 2.69. The zero-order valence-electron chi connectivity index (χ0n) is 11.1. The second-order valence-corrected chi connectivity index (χ2v) is 5.37. The summed E-state index contributed by atoms with van der Waals surface area (Å²) in [4.78, 5) is 11.3. The van der Waals surface area contributed by atoms with E-state index in [-0.39, 0.29) is 5.78 Å². The summed E-state index contributed by atoms with van der Waals surface area (Å²) < 4.78 is 12.1. The Morgan fingerprint density at radius 1 is 1.05 bits per heavy atom. The number of hydrogen-bond donors (Lipinski definition) is 0. The number of carbonyl (C=O) groups excluding carboxylic acids is 1. The van der Waals surface area contributed by atoms with Crippen molar-refractivity contribution in [2.45, 2.75) is 6.92 Å². The topological polar surface area (TPSA) is 35.5 Å². The van der Waals surface area contributed by atoms with Gasteiger partial charge < -0.3 is 9.47 Å². The average molecular weight is 382 g/mol. The lowest BCUT2D eigenvalue weighted by atomic mass is 10.1. The van der Waals surface area contributed by atoms with Crippen molar-refractivity contribution in [1.29, 1.82) is 0 Å². The number of para-hydroxylation sites is 1. The number of ether oxygens (including phenoxy) is 2. The number of hydrogen-bond acceptors (Lipinski definition) is 3. The van der Waals surface area contributed by atoms with E-state index >= 15 is 0 Å². The summed E-state index contributed by atoms with van der Waals surface area (Å²) in [6.07, 6.45) is 0. The minimum absolute atomic E-state index is 0.0573. The molecule has 2 aromatic rings. The van der Waals surface area contributed by atoms with Crippen molar-refractivity contribution in [2.75, 3.05) is 13.2 Å². The van der Waals surface area contributed by atoms with Gasteiger partial charge in [0.2, 0.25) is 0 Å². The first-order chi connectivity index (χ1) is 9.66. The molecule has 0 N–H and O–H groups in total. The van der Waals surface area contributed by atoms with Gasteiger partial charge in [-0.2, -0.15) is 0 Å². The molecule has 0 aliphatic rings. The summed E-state index contributed by atoms with van der Waals surface area (Å²) in [6.45, 7) is 2.50. The van der Waals surface area contributed by atoms with Crippen molar-refractivity contribution in [3.63, 3.8) is 0 Å². The highest BCUT2D eigenvalue weighted by Crippen LogP contribution is 2.22. The number of ketones is 1. The van der Waals surface area contributed by atoms with Crippen molar-refractivity contribution in [3.05, 3.63) is 57.7 Å². The van der Waals surface area contributed by atoms with E-state index in [9.17, 15) is 4.79 Å². The van der Waals surface area contributed by atoms with Gasteiger partial charge in [-0.1, -0.05) is 18.2 Å². The Balaban J connectivity index is 1.84. The third-order valence-corrected chi connectivity index (χ3v) is 3.53. The van der Waals surface area contributed by atoms with Crippen LogP contribution < -0.4 is 9.47 Å². The molecule has 0 radical (unpaired) electrons. The number of carbonyl (C=O) groups is 1. The Bertz CT molecular complexity index is 582. The van der Waals surface area contributed by atoms with Crippen LogP contribution in [0.2, 0.25) is 0 Å². The van der Waals surface area contributed by atoms with E-state index in [0.717, 1.165) is 15.1 Å². The Labute approximate surface area is 132 Å². The molecule has 104 valence electrons. The maximum atomic E-state index is 11.3. The van der Waals surface area contributed by atoms with Gasteiger partial charge in [0.05, 0.1) is 3.57 Å². The van der Waals surface area contributed by atoms with Gasteiger partial charge in [-0.3, -0.25) is 4.79 Å². The second-order valence-electron chi connectivity index (χ2n) is 4.21. The van der Waals surface area contributed by atoms with E-state index in [1.54, 1.807) is 13.0 Å². The fraction of sp³-hybridized carbons (Fsp3) is 0.188. The molecule has 0 bridgehead atoms. The first kappa shape index (κ1) is 14.8. The van der Waals surface area contributed by atoms with E-state index in [4.69, 9.17) is 9.47 Å². The molecule has 0 heterocycles. The summed E-state index contributed by atoms with van der Waals surface area (Å²) >= 11 is 2.16. The predicted molar refractivity (Wildman–Crippen MR) is 86.6 cm³/mol. The summed E-state index contributed by atoms with van der Waals surface area (Å²) in [5.41, 5.74) is 0.697. The summed E-state index contributed by atoms with van der Waals surface area (Å²) in [5, 5.41) is 0. The molecule has 0 saturated carbocycles. The average Bonchev–Trinajstić information content (AvgIpc) is 2.46. The number of Topliss-reactive ketones (excluding diaryl/α,β-unsaturated/α-hetero) is 1. The normalized spacial score (nSPS) is 10.1. The molecule has 0 amide bonds. The Morgan fingerprint density at radius 2 is 1.75 bits per heavy atom. The smallest absolute Gasteiger partial charge is 0.159 e. The Morgan fingerprint density at radius 3 is 2.40 bits per heavy atom. The first-order valence-electron chi connectivity index (χ1n) is 6.28. The van der Waals surface area contributed by atoms with Crippen molar-refractivity contribution in [2.24, 2.45) is 0 Å². The van der Waals surface area contributed by atoms with E-state index in [1.165, 1.54) is 0 Å². The standard InChI is InChI=1S/C16H15IO3/c1-12(18)13-7-8-16(15(17)11-13)20-10-9-19-14-5-3-2-4-6-14/h2-8,11H,9-10H2,1H3. The van der Waals surface area contributed by atoms with E-state index < -0.39 is 0 Å². The van der Waals surface area contributed by atoms with Crippen LogP contribution in [0.15, 0.2) is 48.5 Å². The highest BCUT2D eigenvalue weighted by Gasteiger charge is 2.05. The molecule has 3 nitrogen and oxygen atoms in total. The van der Waals surface area contributed by atoms with E-state index in [0.29, 0.717) is 18.8 Å². The maximum Gasteiger partial charge on any atom is 0.159 e. The maximum absolute atomic E-state index is 11.3. The van der Waals surface area contributed by atoms with Gasteiger partial charge >= 0.3 is 0 Å². The predicted octanol–water partition coefficient (Wildman–Crippen LogP) is 3.95. The second kappa shape index (κ2) is 7.28. The van der Waals surface area contributed by atoms with Gasteiger partial charge in [0.15, 0.2) is 5.78 Å². The molecule has 0 aliphatic carbocycles. The zero-order chi connectivity index (χ0) is 14.4. The third kappa shape index (κ3) is 4.23. The molecule has 0 saturated heterocycles. The van der Waals surface area contributed by atoms with Crippen molar-refractivity contribution in [1.82, 2.24) is 0 Å². The van der Waals surface area contributed by atoms with Crippen LogP contribution in [-0.2, 0) is 0 Å². The largest absolute Gasteiger partial charge is 0.490 e. The molecule has 0 aliphatic heterocycles. The Kier molecular flexibility index (Phi) is 5.40.